The Hall–Kier alpha value is -3.20. The molecule has 0 unspecified atom stereocenters. The highest BCUT2D eigenvalue weighted by Crippen LogP contribution is 2.39. The van der Waals surface area contributed by atoms with Crippen LogP contribution in [0.5, 0.6) is 0 Å². The Morgan fingerprint density at radius 1 is 1.22 bits per heavy atom. The molecule has 1 amide bonds. The fourth-order valence-electron chi connectivity index (χ4n) is 2.99. The second-order valence-electron chi connectivity index (χ2n) is 6.09. The number of carbonyl (C=O) groups excluding carboxylic acids is 2. The van der Waals surface area contributed by atoms with Gasteiger partial charge in [-0.15, -0.1) is 0 Å². The minimum absolute atomic E-state index is 0.0771. The Bertz CT molecular complexity index is 1050. The number of sulfone groups is 1. The number of hydrogen-bond donors (Lipinski definition) is 3. The zero-order valence-corrected chi connectivity index (χ0v) is 15.6. The lowest BCUT2D eigenvalue weighted by molar-refractivity contribution is -0.283. The topological polar surface area (TPSA) is 155 Å². The van der Waals surface area contributed by atoms with Gasteiger partial charge in [-0.25, -0.2) is 13.7 Å². The zero-order chi connectivity index (χ0) is 20.4. The first-order chi connectivity index (χ1) is 12.6. The number of guanidine groups is 1. The summed E-state index contributed by atoms with van der Waals surface area (Å²) in [6, 6.07) is 8.88. The quantitative estimate of drug-likeness (QED) is 0.304. The molecule has 5 N–H and O–H groups in total. The molecule has 0 spiro atoms. The largest absolute Gasteiger partial charge is 0.554 e. The van der Waals surface area contributed by atoms with Gasteiger partial charge in [0.1, 0.15) is 0 Å². The van der Waals surface area contributed by atoms with Crippen LogP contribution in [0.15, 0.2) is 35.2 Å². The van der Waals surface area contributed by atoms with E-state index < -0.39 is 22.2 Å². The van der Waals surface area contributed by atoms with Crippen LogP contribution in [-0.4, -0.2) is 26.8 Å². The summed E-state index contributed by atoms with van der Waals surface area (Å²) < 4.78 is 25.3. The number of nitrogens with two attached hydrogens (primary N) is 2. The Morgan fingerprint density at radius 3 is 2.44 bits per heavy atom. The molecule has 9 heteroatoms. The van der Waals surface area contributed by atoms with Gasteiger partial charge in [0.05, 0.1) is 16.2 Å². The lowest BCUT2D eigenvalue weighted by Crippen LogP contribution is -2.56. The summed E-state index contributed by atoms with van der Waals surface area (Å²) in [6.07, 6.45) is 0. The van der Waals surface area contributed by atoms with E-state index in [1.165, 1.54) is 6.07 Å². The van der Waals surface area contributed by atoms with Crippen molar-refractivity contribution in [2.45, 2.75) is 24.5 Å². The molecule has 27 heavy (non-hydrogen) atoms. The van der Waals surface area contributed by atoms with Crippen LogP contribution < -0.4 is 21.6 Å². The van der Waals surface area contributed by atoms with Gasteiger partial charge < -0.3 is 9.90 Å². The van der Waals surface area contributed by atoms with Crippen molar-refractivity contribution in [1.82, 2.24) is 5.32 Å². The molecule has 142 valence electrons. The van der Waals surface area contributed by atoms with Gasteiger partial charge in [0.15, 0.2) is 9.84 Å². The monoisotopic (exact) mass is 389 g/mol. The minimum Gasteiger partial charge on any atom is -0.554 e. The van der Waals surface area contributed by atoms with Gasteiger partial charge in [-0.3, -0.25) is 15.9 Å². The Labute approximate surface area is 156 Å². The second kappa shape index (κ2) is 7.58. The van der Waals surface area contributed by atoms with Crippen molar-refractivity contribution in [3.8, 4) is 11.1 Å². The molecule has 0 saturated heterocycles. The molecular formula is C18H19N3O5S. The maximum Gasteiger partial charge on any atom is 0.346 e. The van der Waals surface area contributed by atoms with Gasteiger partial charge in [0.2, 0.25) is 0 Å². The highest BCUT2D eigenvalue weighted by atomic mass is 32.2. The van der Waals surface area contributed by atoms with E-state index in [4.69, 9.17) is 21.0 Å². The van der Waals surface area contributed by atoms with Gasteiger partial charge in [0.25, 0.3) is 0 Å². The van der Waals surface area contributed by atoms with E-state index in [0.29, 0.717) is 11.1 Å². The first-order valence-electron chi connectivity index (χ1n) is 7.83. The predicted molar refractivity (Wildman–Crippen MR) is 96.9 cm³/mol. The summed E-state index contributed by atoms with van der Waals surface area (Å²) in [4.78, 5) is 20.6. The van der Waals surface area contributed by atoms with Crippen molar-refractivity contribution in [2.24, 2.45) is 5.73 Å². The first-order valence-corrected chi connectivity index (χ1v) is 9.48. The summed E-state index contributed by atoms with van der Waals surface area (Å²) in [6.45, 7) is 3.17. The molecule has 1 aliphatic heterocycles. The maximum atomic E-state index is 12.7. The normalized spacial score (nSPS) is 13.3. The first kappa shape index (κ1) is 20.1. The third kappa shape index (κ3) is 4.14. The number of fused-ring (bicyclic) bond motifs is 3. The molecule has 8 nitrogen and oxygen atoms in total. The van der Waals surface area contributed by atoms with Crippen LogP contribution >= 0.6 is 0 Å². The number of aryl methyl sites for hydroxylation is 2. The third-order valence-electron chi connectivity index (χ3n) is 4.06. The SMILES string of the molecule is Cc1ccc2c(c1)CS(=O)(=O)c1cc(C(=O)NC(N)=[NH2+])c(C)cc1-2.O=C[O-]. The van der Waals surface area contributed by atoms with E-state index in [-0.39, 0.29) is 22.2 Å². The number of benzene rings is 2. The van der Waals surface area contributed by atoms with Crippen molar-refractivity contribution >= 4 is 28.2 Å². The van der Waals surface area contributed by atoms with Crippen molar-refractivity contribution < 1.29 is 28.5 Å². The second-order valence-corrected chi connectivity index (χ2v) is 8.05. The van der Waals surface area contributed by atoms with Crippen LogP contribution in [-0.2, 0) is 20.4 Å². The highest BCUT2D eigenvalue weighted by molar-refractivity contribution is 7.90. The molecule has 2 aromatic carbocycles. The van der Waals surface area contributed by atoms with E-state index in [1.807, 2.05) is 25.1 Å². The smallest absolute Gasteiger partial charge is 0.346 e. The molecule has 2 aromatic rings. The van der Waals surface area contributed by atoms with Crippen LogP contribution in [0, 0.1) is 13.8 Å². The van der Waals surface area contributed by atoms with Gasteiger partial charge in [0, 0.05) is 12.0 Å². The Kier molecular flexibility index (Phi) is 5.65. The van der Waals surface area contributed by atoms with Crippen molar-refractivity contribution in [1.29, 1.82) is 0 Å². The number of carboxylic acid groups (broad SMARTS) is 1. The summed E-state index contributed by atoms with van der Waals surface area (Å²) in [7, 11) is -3.52. The summed E-state index contributed by atoms with van der Waals surface area (Å²) in [5, 5.41) is 15.8. The summed E-state index contributed by atoms with van der Waals surface area (Å²) in [5.41, 5.74) is 9.47. The number of rotatable bonds is 1. The van der Waals surface area contributed by atoms with Crippen LogP contribution in [0.2, 0.25) is 0 Å². The summed E-state index contributed by atoms with van der Waals surface area (Å²) in [5.74, 6) is -0.840. The molecule has 0 aromatic heterocycles. The molecule has 0 atom stereocenters. The van der Waals surface area contributed by atoms with Crippen LogP contribution in [0.1, 0.15) is 27.0 Å². The zero-order valence-electron chi connectivity index (χ0n) is 14.8. The fourth-order valence-corrected chi connectivity index (χ4v) is 4.59. The van der Waals surface area contributed by atoms with E-state index in [0.717, 1.165) is 16.7 Å². The molecular weight excluding hydrogens is 370 g/mol. The predicted octanol–water partition coefficient (Wildman–Crippen LogP) is -1.57. The Balaban J connectivity index is 0.000000817. The molecule has 0 aliphatic carbocycles. The van der Waals surface area contributed by atoms with E-state index in [2.05, 4.69) is 5.32 Å². The van der Waals surface area contributed by atoms with E-state index in [9.17, 15) is 13.2 Å². The summed E-state index contributed by atoms with van der Waals surface area (Å²) >= 11 is 0. The number of carbonyl (C=O) groups is 2. The van der Waals surface area contributed by atoms with Gasteiger partial charge in [-0.05, 0) is 42.7 Å². The molecule has 1 aliphatic rings. The minimum atomic E-state index is -3.52. The van der Waals surface area contributed by atoms with Crippen LogP contribution in [0.25, 0.3) is 11.1 Å². The van der Waals surface area contributed by atoms with Gasteiger partial charge in [-0.2, -0.15) is 0 Å². The van der Waals surface area contributed by atoms with Crippen LogP contribution in [0.3, 0.4) is 0 Å². The Morgan fingerprint density at radius 2 is 1.85 bits per heavy atom. The van der Waals surface area contributed by atoms with Crippen molar-refractivity contribution in [3.63, 3.8) is 0 Å². The molecule has 0 radical (unpaired) electrons. The molecule has 0 bridgehead atoms. The van der Waals surface area contributed by atoms with Gasteiger partial charge in [-0.1, -0.05) is 23.8 Å². The fraction of sp³-hybridized carbons (Fsp3) is 0.167. The lowest BCUT2D eigenvalue weighted by atomic mass is 9.95. The van der Waals surface area contributed by atoms with Crippen molar-refractivity contribution in [3.05, 3.63) is 52.6 Å². The maximum absolute atomic E-state index is 12.7. The van der Waals surface area contributed by atoms with E-state index in [1.54, 1.807) is 13.0 Å². The molecule has 1 heterocycles. The number of nitrogens with one attached hydrogen (secondary N) is 1. The lowest BCUT2D eigenvalue weighted by Gasteiger charge is -2.22. The van der Waals surface area contributed by atoms with Crippen molar-refractivity contribution in [2.75, 3.05) is 0 Å². The average molecular weight is 389 g/mol. The van der Waals surface area contributed by atoms with Gasteiger partial charge >= 0.3 is 11.9 Å². The van der Waals surface area contributed by atoms with E-state index >= 15 is 0 Å². The third-order valence-corrected chi connectivity index (χ3v) is 5.76. The standard InChI is InChI=1S/C17H17N3O3S.CH2O2/c1-9-3-4-12-11(5-9)8-24(22,23)15-7-13(10(2)6-14(12)15)16(21)20-17(18)19;2-1-3/h3-7H,8H2,1-2H3,(H4,18,19,20,21);1H,(H,2,3). The highest BCUT2D eigenvalue weighted by Gasteiger charge is 2.30. The molecule has 0 fully saturated rings. The average Bonchev–Trinajstić information content (AvgIpc) is 2.53. The molecule has 0 saturated carbocycles. The number of hydrogen-bond acceptors (Lipinski definition) is 5. The van der Waals surface area contributed by atoms with Crippen LogP contribution in [0.4, 0.5) is 0 Å². The molecule has 3 rings (SSSR count). The number of amides is 1.